The van der Waals surface area contributed by atoms with Gasteiger partial charge >= 0.3 is 0 Å². The third-order valence-electron chi connectivity index (χ3n) is 6.57. The highest BCUT2D eigenvalue weighted by Gasteiger charge is 2.42. The summed E-state index contributed by atoms with van der Waals surface area (Å²) in [5.74, 6) is 0. The highest BCUT2D eigenvalue weighted by molar-refractivity contribution is 6.09. The largest absolute Gasteiger partial charge is 0.355 e. The van der Waals surface area contributed by atoms with Gasteiger partial charge in [0.1, 0.15) is 0 Å². The van der Waals surface area contributed by atoms with Gasteiger partial charge in [0, 0.05) is 27.2 Å². The lowest BCUT2D eigenvalue weighted by Crippen LogP contribution is -2.23. The standard InChI is InChI=1S/C26H21N/c1-26(17-9-3-2-4-10-17)22-13-7-5-11-18(22)20-15-21-19-12-6-8-14-24(19)27-25(21)16-23(20)26/h2-4,6-10,12-16,27H,5,11H2,1H3. The van der Waals surface area contributed by atoms with Crippen molar-refractivity contribution < 1.29 is 0 Å². The maximum atomic E-state index is 3.64. The molecule has 0 aliphatic heterocycles. The fraction of sp³-hybridized carbons (Fsp3) is 0.154. The molecule has 130 valence electrons. The van der Waals surface area contributed by atoms with E-state index in [2.05, 4.69) is 90.8 Å². The highest BCUT2D eigenvalue weighted by Crippen LogP contribution is 2.54. The Bertz CT molecular complexity index is 1270. The van der Waals surface area contributed by atoms with Crippen molar-refractivity contribution in [2.45, 2.75) is 25.2 Å². The first-order valence-electron chi connectivity index (χ1n) is 9.78. The van der Waals surface area contributed by atoms with Crippen LogP contribution in [0, 0.1) is 0 Å². The summed E-state index contributed by atoms with van der Waals surface area (Å²) in [6, 6.07) is 24.4. The molecule has 0 radical (unpaired) electrons. The van der Waals surface area contributed by atoms with Crippen LogP contribution >= 0.6 is 0 Å². The smallest absolute Gasteiger partial charge is 0.0468 e. The van der Waals surface area contributed by atoms with Crippen LogP contribution in [0.3, 0.4) is 0 Å². The molecule has 0 spiro atoms. The van der Waals surface area contributed by atoms with Crippen molar-refractivity contribution in [3.63, 3.8) is 0 Å². The van der Waals surface area contributed by atoms with Gasteiger partial charge in [-0.2, -0.15) is 0 Å². The molecule has 0 bridgehead atoms. The average molecular weight is 347 g/mol. The number of allylic oxidation sites excluding steroid dienone is 4. The molecular formula is C26H21N. The Balaban J connectivity index is 1.73. The number of aromatic amines is 1. The summed E-state index contributed by atoms with van der Waals surface area (Å²) in [5.41, 5.74) is 9.63. The fourth-order valence-electron chi connectivity index (χ4n) is 5.20. The van der Waals surface area contributed by atoms with Crippen molar-refractivity contribution in [3.8, 4) is 0 Å². The van der Waals surface area contributed by atoms with Gasteiger partial charge in [-0.3, -0.25) is 0 Å². The van der Waals surface area contributed by atoms with Crippen LogP contribution in [-0.4, -0.2) is 4.98 Å². The summed E-state index contributed by atoms with van der Waals surface area (Å²) >= 11 is 0. The zero-order valence-electron chi connectivity index (χ0n) is 15.4. The first-order chi connectivity index (χ1) is 13.3. The van der Waals surface area contributed by atoms with Crippen LogP contribution in [0.15, 0.2) is 84.5 Å². The zero-order chi connectivity index (χ0) is 18.0. The molecular weight excluding hydrogens is 326 g/mol. The van der Waals surface area contributed by atoms with Crippen molar-refractivity contribution in [1.29, 1.82) is 0 Å². The number of benzene rings is 3. The van der Waals surface area contributed by atoms with Crippen LogP contribution in [0.4, 0.5) is 0 Å². The molecule has 0 saturated heterocycles. The molecule has 1 N–H and O–H groups in total. The van der Waals surface area contributed by atoms with E-state index in [-0.39, 0.29) is 5.41 Å². The molecule has 1 heteroatoms. The topological polar surface area (TPSA) is 15.8 Å². The zero-order valence-corrected chi connectivity index (χ0v) is 15.4. The van der Waals surface area contributed by atoms with Gasteiger partial charge in [0.25, 0.3) is 0 Å². The molecule has 2 aliphatic carbocycles. The van der Waals surface area contributed by atoms with E-state index in [9.17, 15) is 0 Å². The number of rotatable bonds is 1. The van der Waals surface area contributed by atoms with E-state index in [0.717, 1.165) is 12.8 Å². The van der Waals surface area contributed by atoms with E-state index in [0.29, 0.717) is 0 Å². The van der Waals surface area contributed by atoms with Crippen molar-refractivity contribution in [2.75, 3.05) is 0 Å². The quantitative estimate of drug-likeness (QED) is 0.392. The van der Waals surface area contributed by atoms with Crippen LogP contribution in [0.2, 0.25) is 0 Å². The normalized spacial score (nSPS) is 21.1. The number of para-hydroxylation sites is 1. The first kappa shape index (κ1) is 15.0. The maximum absolute atomic E-state index is 3.64. The summed E-state index contributed by atoms with van der Waals surface area (Å²) in [6.45, 7) is 2.40. The van der Waals surface area contributed by atoms with Gasteiger partial charge < -0.3 is 4.98 Å². The van der Waals surface area contributed by atoms with Gasteiger partial charge in [-0.15, -0.1) is 0 Å². The van der Waals surface area contributed by atoms with Crippen LogP contribution in [0.5, 0.6) is 0 Å². The van der Waals surface area contributed by atoms with Crippen molar-refractivity contribution in [1.82, 2.24) is 4.98 Å². The molecule has 1 aromatic heterocycles. The van der Waals surface area contributed by atoms with E-state index in [1.807, 2.05) is 0 Å². The Morgan fingerprint density at radius 3 is 2.56 bits per heavy atom. The SMILES string of the molecule is CC1(c2ccccc2)C2=C(CCC=C2)c2cc3c(cc21)[nH]c1ccccc13. The van der Waals surface area contributed by atoms with E-state index in [4.69, 9.17) is 0 Å². The number of hydrogen-bond donors (Lipinski definition) is 1. The third-order valence-corrected chi connectivity index (χ3v) is 6.57. The second-order valence-corrected chi connectivity index (χ2v) is 7.94. The van der Waals surface area contributed by atoms with Gasteiger partial charge in [0.2, 0.25) is 0 Å². The molecule has 0 amide bonds. The summed E-state index contributed by atoms with van der Waals surface area (Å²) in [7, 11) is 0. The monoisotopic (exact) mass is 347 g/mol. The van der Waals surface area contributed by atoms with Gasteiger partial charge in [-0.1, -0.05) is 60.7 Å². The minimum atomic E-state index is -0.0890. The van der Waals surface area contributed by atoms with E-state index in [1.54, 1.807) is 0 Å². The highest BCUT2D eigenvalue weighted by atomic mass is 14.7. The van der Waals surface area contributed by atoms with Crippen LogP contribution in [0.1, 0.15) is 36.5 Å². The number of aromatic nitrogens is 1. The molecule has 1 unspecified atom stereocenters. The minimum absolute atomic E-state index is 0.0890. The molecule has 6 rings (SSSR count). The Labute approximate surface area is 159 Å². The average Bonchev–Trinajstić information content (AvgIpc) is 3.22. The summed E-state index contributed by atoms with van der Waals surface area (Å²) in [4.78, 5) is 3.64. The van der Waals surface area contributed by atoms with Crippen LogP contribution in [-0.2, 0) is 5.41 Å². The van der Waals surface area contributed by atoms with Crippen molar-refractivity contribution >= 4 is 27.4 Å². The lowest BCUT2D eigenvalue weighted by Gasteiger charge is -2.30. The summed E-state index contributed by atoms with van der Waals surface area (Å²) in [5, 5.41) is 2.65. The maximum Gasteiger partial charge on any atom is 0.0468 e. The Morgan fingerprint density at radius 1 is 0.852 bits per heavy atom. The molecule has 1 atom stereocenters. The Kier molecular flexibility index (Phi) is 2.91. The van der Waals surface area contributed by atoms with E-state index in [1.165, 1.54) is 49.6 Å². The molecule has 2 aliphatic rings. The van der Waals surface area contributed by atoms with Gasteiger partial charge in [0.05, 0.1) is 0 Å². The summed E-state index contributed by atoms with van der Waals surface area (Å²) in [6.07, 6.45) is 6.98. The first-order valence-corrected chi connectivity index (χ1v) is 9.78. The van der Waals surface area contributed by atoms with E-state index < -0.39 is 0 Å². The molecule has 4 aromatic rings. The Hall–Kier alpha value is -3.06. The lowest BCUT2D eigenvalue weighted by atomic mass is 9.72. The third kappa shape index (κ3) is 1.89. The summed E-state index contributed by atoms with van der Waals surface area (Å²) < 4.78 is 0. The lowest BCUT2D eigenvalue weighted by molar-refractivity contribution is 0.704. The minimum Gasteiger partial charge on any atom is -0.355 e. The number of nitrogens with one attached hydrogen (secondary N) is 1. The van der Waals surface area contributed by atoms with Crippen LogP contribution < -0.4 is 0 Å². The molecule has 27 heavy (non-hydrogen) atoms. The molecule has 0 saturated carbocycles. The van der Waals surface area contributed by atoms with Gasteiger partial charge in [-0.05, 0) is 65.8 Å². The van der Waals surface area contributed by atoms with Gasteiger partial charge in [0.15, 0.2) is 0 Å². The van der Waals surface area contributed by atoms with Crippen molar-refractivity contribution in [2.24, 2.45) is 0 Å². The second kappa shape index (κ2) is 5.23. The van der Waals surface area contributed by atoms with Gasteiger partial charge in [-0.25, -0.2) is 0 Å². The number of hydrogen-bond acceptors (Lipinski definition) is 0. The van der Waals surface area contributed by atoms with Crippen molar-refractivity contribution in [3.05, 3.63) is 101 Å². The molecule has 1 heterocycles. The van der Waals surface area contributed by atoms with Crippen LogP contribution in [0.25, 0.3) is 27.4 Å². The Morgan fingerprint density at radius 2 is 1.67 bits per heavy atom. The molecule has 1 nitrogen and oxygen atoms in total. The second-order valence-electron chi connectivity index (χ2n) is 7.94. The predicted molar refractivity (Wildman–Crippen MR) is 114 cm³/mol. The molecule has 3 aromatic carbocycles. The predicted octanol–water partition coefficient (Wildman–Crippen LogP) is 6.74. The number of H-pyrrole nitrogens is 1. The number of fused-ring (bicyclic) bond motifs is 5. The van der Waals surface area contributed by atoms with E-state index >= 15 is 0 Å². The molecule has 0 fully saturated rings. The fourth-order valence-corrected chi connectivity index (χ4v) is 5.20.